The van der Waals surface area contributed by atoms with E-state index in [2.05, 4.69) is 10.3 Å². The number of aromatic nitrogens is 1. The number of ether oxygens (including phenoxy) is 1. The zero-order valence-electron chi connectivity index (χ0n) is 8.78. The number of halogens is 1. The Balaban J connectivity index is 1.96. The molecule has 1 saturated heterocycles. The first-order chi connectivity index (χ1) is 7.75. The summed E-state index contributed by atoms with van der Waals surface area (Å²) >= 11 is 0. The van der Waals surface area contributed by atoms with Gasteiger partial charge < -0.3 is 10.1 Å². The molecule has 1 aliphatic heterocycles. The van der Waals surface area contributed by atoms with Crippen LogP contribution < -0.4 is 5.32 Å². The standard InChI is InChI=1S/C11H13FN2O2/c12-9-5-3-6-10(13-9)14-11(15)8-4-1-2-7-16-8/h3,5-6,8H,1-2,4,7H2,(H,13,14,15). The van der Waals surface area contributed by atoms with E-state index in [-0.39, 0.29) is 11.7 Å². The Bertz CT molecular complexity index is 378. The van der Waals surface area contributed by atoms with Crippen molar-refractivity contribution in [3.63, 3.8) is 0 Å². The van der Waals surface area contributed by atoms with Crippen molar-refractivity contribution < 1.29 is 13.9 Å². The summed E-state index contributed by atoms with van der Waals surface area (Å²) < 4.78 is 18.1. The van der Waals surface area contributed by atoms with E-state index >= 15 is 0 Å². The van der Waals surface area contributed by atoms with Crippen LogP contribution in [-0.4, -0.2) is 23.6 Å². The predicted molar refractivity (Wildman–Crippen MR) is 56.4 cm³/mol. The highest BCUT2D eigenvalue weighted by Crippen LogP contribution is 2.14. The van der Waals surface area contributed by atoms with Crippen LogP contribution in [0, 0.1) is 5.95 Å². The summed E-state index contributed by atoms with van der Waals surface area (Å²) in [6, 6.07) is 4.27. The molecule has 1 aromatic rings. The minimum absolute atomic E-state index is 0.221. The van der Waals surface area contributed by atoms with Crippen LogP contribution >= 0.6 is 0 Å². The molecule has 86 valence electrons. The maximum atomic E-state index is 12.8. The lowest BCUT2D eigenvalue weighted by molar-refractivity contribution is -0.130. The van der Waals surface area contributed by atoms with E-state index in [1.54, 1.807) is 6.07 Å². The van der Waals surface area contributed by atoms with Gasteiger partial charge in [-0.25, -0.2) is 4.98 Å². The van der Waals surface area contributed by atoms with Gasteiger partial charge in [0.2, 0.25) is 5.95 Å². The third-order valence-electron chi connectivity index (χ3n) is 2.44. The average Bonchev–Trinajstić information content (AvgIpc) is 2.30. The Labute approximate surface area is 92.8 Å². The summed E-state index contributed by atoms with van der Waals surface area (Å²) in [6.45, 7) is 0.606. The van der Waals surface area contributed by atoms with Gasteiger partial charge in [-0.2, -0.15) is 4.39 Å². The lowest BCUT2D eigenvalue weighted by Gasteiger charge is -2.21. The molecule has 1 amide bonds. The normalized spacial score (nSPS) is 20.4. The minimum atomic E-state index is -0.609. The SMILES string of the molecule is O=C(Nc1cccc(F)n1)C1CCCCO1. The number of nitrogens with zero attached hydrogens (tertiary/aromatic N) is 1. The fourth-order valence-corrected chi connectivity index (χ4v) is 1.63. The summed E-state index contributed by atoms with van der Waals surface area (Å²) in [5, 5.41) is 2.54. The molecule has 1 aromatic heterocycles. The van der Waals surface area contributed by atoms with Gasteiger partial charge in [-0.15, -0.1) is 0 Å². The molecule has 0 aliphatic carbocycles. The fourth-order valence-electron chi connectivity index (χ4n) is 1.63. The number of hydrogen-bond donors (Lipinski definition) is 1. The molecule has 1 unspecified atom stereocenters. The molecule has 0 aromatic carbocycles. The lowest BCUT2D eigenvalue weighted by atomic mass is 10.1. The Kier molecular flexibility index (Phi) is 3.46. The Morgan fingerprint density at radius 1 is 1.50 bits per heavy atom. The van der Waals surface area contributed by atoms with Crippen LogP contribution in [0.2, 0.25) is 0 Å². The quantitative estimate of drug-likeness (QED) is 0.778. The number of anilines is 1. The highest BCUT2D eigenvalue weighted by atomic mass is 19.1. The number of amides is 1. The number of rotatable bonds is 2. The Morgan fingerprint density at radius 3 is 3.06 bits per heavy atom. The van der Waals surface area contributed by atoms with E-state index < -0.39 is 12.1 Å². The zero-order chi connectivity index (χ0) is 11.4. The van der Waals surface area contributed by atoms with Crippen LogP contribution in [0.25, 0.3) is 0 Å². The monoisotopic (exact) mass is 224 g/mol. The number of carbonyl (C=O) groups excluding carboxylic acids is 1. The maximum Gasteiger partial charge on any atom is 0.254 e. The van der Waals surface area contributed by atoms with Crippen LogP contribution in [0.4, 0.5) is 10.2 Å². The van der Waals surface area contributed by atoms with Crippen LogP contribution in [-0.2, 0) is 9.53 Å². The van der Waals surface area contributed by atoms with Gasteiger partial charge in [-0.1, -0.05) is 6.07 Å². The molecule has 5 heteroatoms. The van der Waals surface area contributed by atoms with Gasteiger partial charge in [0.1, 0.15) is 11.9 Å². The molecular weight excluding hydrogens is 211 g/mol. The first-order valence-corrected chi connectivity index (χ1v) is 5.31. The first-order valence-electron chi connectivity index (χ1n) is 5.31. The van der Waals surface area contributed by atoms with E-state index in [0.717, 1.165) is 12.8 Å². The van der Waals surface area contributed by atoms with E-state index in [9.17, 15) is 9.18 Å². The van der Waals surface area contributed by atoms with E-state index in [1.807, 2.05) is 0 Å². The van der Waals surface area contributed by atoms with Gasteiger partial charge in [0.15, 0.2) is 0 Å². The summed E-state index contributed by atoms with van der Waals surface area (Å²) in [7, 11) is 0. The smallest absolute Gasteiger partial charge is 0.254 e. The number of nitrogens with one attached hydrogen (secondary N) is 1. The summed E-state index contributed by atoms with van der Waals surface area (Å²) in [4.78, 5) is 15.2. The van der Waals surface area contributed by atoms with Gasteiger partial charge in [-0.05, 0) is 31.4 Å². The predicted octanol–water partition coefficient (Wildman–Crippen LogP) is 1.73. The highest BCUT2D eigenvalue weighted by Gasteiger charge is 2.22. The molecule has 0 radical (unpaired) electrons. The van der Waals surface area contributed by atoms with E-state index in [4.69, 9.17) is 4.74 Å². The number of hydrogen-bond acceptors (Lipinski definition) is 3. The second-order valence-electron chi connectivity index (χ2n) is 3.69. The second-order valence-corrected chi connectivity index (χ2v) is 3.69. The summed E-state index contributed by atoms with van der Waals surface area (Å²) in [6.07, 6.45) is 2.25. The first kappa shape index (κ1) is 11.0. The van der Waals surface area contributed by atoms with Gasteiger partial charge in [-0.3, -0.25) is 4.79 Å². The van der Waals surface area contributed by atoms with Crippen molar-refractivity contribution in [3.05, 3.63) is 24.1 Å². The third kappa shape index (κ3) is 2.76. The van der Waals surface area contributed by atoms with Gasteiger partial charge in [0, 0.05) is 6.61 Å². The molecule has 1 aliphatic rings. The molecule has 1 fully saturated rings. The van der Waals surface area contributed by atoms with Gasteiger partial charge in [0.25, 0.3) is 5.91 Å². The molecule has 1 atom stereocenters. The van der Waals surface area contributed by atoms with Crippen molar-refractivity contribution >= 4 is 11.7 Å². The lowest BCUT2D eigenvalue weighted by Crippen LogP contribution is -2.33. The average molecular weight is 224 g/mol. The van der Waals surface area contributed by atoms with Crippen LogP contribution in [0.3, 0.4) is 0 Å². The van der Waals surface area contributed by atoms with Gasteiger partial charge in [0.05, 0.1) is 0 Å². The van der Waals surface area contributed by atoms with Crippen molar-refractivity contribution in [2.75, 3.05) is 11.9 Å². The largest absolute Gasteiger partial charge is 0.368 e. The molecule has 0 spiro atoms. The molecule has 16 heavy (non-hydrogen) atoms. The zero-order valence-corrected chi connectivity index (χ0v) is 8.78. The third-order valence-corrected chi connectivity index (χ3v) is 2.44. The van der Waals surface area contributed by atoms with Crippen molar-refractivity contribution in [2.24, 2.45) is 0 Å². The maximum absolute atomic E-state index is 12.8. The molecule has 0 saturated carbocycles. The van der Waals surface area contributed by atoms with Crippen LogP contribution in [0.1, 0.15) is 19.3 Å². The van der Waals surface area contributed by atoms with Crippen molar-refractivity contribution in [1.82, 2.24) is 4.98 Å². The summed E-state index contributed by atoms with van der Waals surface area (Å²) in [5.74, 6) is -0.640. The van der Waals surface area contributed by atoms with Gasteiger partial charge >= 0.3 is 0 Å². The van der Waals surface area contributed by atoms with Crippen LogP contribution in [0.15, 0.2) is 18.2 Å². The van der Waals surface area contributed by atoms with Crippen molar-refractivity contribution in [2.45, 2.75) is 25.4 Å². The molecule has 2 heterocycles. The highest BCUT2D eigenvalue weighted by molar-refractivity contribution is 5.93. The Hall–Kier alpha value is -1.49. The molecular formula is C11H13FN2O2. The Morgan fingerprint density at radius 2 is 2.38 bits per heavy atom. The van der Waals surface area contributed by atoms with E-state index in [1.165, 1.54) is 12.1 Å². The summed E-state index contributed by atoms with van der Waals surface area (Å²) in [5.41, 5.74) is 0. The number of carbonyl (C=O) groups is 1. The second kappa shape index (κ2) is 5.03. The topological polar surface area (TPSA) is 51.2 Å². The molecule has 2 rings (SSSR count). The molecule has 0 bridgehead atoms. The van der Waals surface area contributed by atoms with Crippen LogP contribution in [0.5, 0.6) is 0 Å². The molecule has 4 nitrogen and oxygen atoms in total. The van der Waals surface area contributed by atoms with E-state index in [0.29, 0.717) is 13.0 Å². The number of pyridine rings is 1. The van der Waals surface area contributed by atoms with Crippen molar-refractivity contribution in [3.8, 4) is 0 Å². The van der Waals surface area contributed by atoms with Crippen molar-refractivity contribution in [1.29, 1.82) is 0 Å². The minimum Gasteiger partial charge on any atom is -0.368 e. The molecule has 1 N–H and O–H groups in total. The fraction of sp³-hybridized carbons (Fsp3) is 0.455.